The number of rotatable bonds is 3. The summed E-state index contributed by atoms with van der Waals surface area (Å²) in [7, 11) is -2.93. The van der Waals surface area contributed by atoms with Gasteiger partial charge >= 0.3 is 0 Å². The minimum Gasteiger partial charge on any atom is -0.251 e. The summed E-state index contributed by atoms with van der Waals surface area (Å²) in [5.41, 5.74) is 3.10. The molecule has 0 saturated carbocycles. The molecule has 0 aromatic heterocycles. The number of para-hydroxylation sites is 1. The van der Waals surface area contributed by atoms with E-state index >= 15 is 0 Å². The zero-order valence-corrected chi connectivity index (χ0v) is 7.43. The van der Waals surface area contributed by atoms with Crippen LogP contribution in [-0.2, 0) is 14.3 Å². The van der Waals surface area contributed by atoms with Gasteiger partial charge in [-0.3, -0.25) is 5.48 Å². The van der Waals surface area contributed by atoms with Crippen molar-refractivity contribution in [3.8, 4) is 0 Å². The second-order valence-corrected chi connectivity index (χ2v) is 4.03. The highest BCUT2D eigenvalue weighted by atomic mass is 32.2. The molecule has 0 bridgehead atoms. The summed E-state index contributed by atoms with van der Waals surface area (Å²) in [6.45, 7) is 0. The van der Waals surface area contributed by atoms with E-state index in [4.69, 9.17) is 4.78 Å². The summed E-state index contributed by atoms with van der Waals surface area (Å²) < 4.78 is 22.2. The summed E-state index contributed by atoms with van der Waals surface area (Å²) in [4.78, 5) is 0. The summed E-state index contributed by atoms with van der Waals surface area (Å²) in [5, 5.41) is 0. The van der Waals surface area contributed by atoms with E-state index in [9.17, 15) is 4.21 Å². The lowest BCUT2D eigenvalue weighted by Gasteiger charge is -2.04. The summed E-state index contributed by atoms with van der Waals surface area (Å²) in [5.74, 6) is 0. The van der Waals surface area contributed by atoms with Crippen LogP contribution in [-0.4, -0.2) is 10.5 Å². The third-order valence-corrected chi connectivity index (χ3v) is 1.49. The Balaban J connectivity index is 2.56. The Morgan fingerprint density at radius 2 is 2.00 bits per heavy atom. The van der Waals surface area contributed by atoms with E-state index in [1.165, 1.54) is 6.26 Å². The fourth-order valence-corrected chi connectivity index (χ4v) is 0.889. The van der Waals surface area contributed by atoms with Gasteiger partial charge in [0.1, 0.15) is 0 Å². The average molecular weight is 186 g/mol. The van der Waals surface area contributed by atoms with Crippen LogP contribution in [0.25, 0.3) is 0 Å². The van der Waals surface area contributed by atoms with Gasteiger partial charge in [0.2, 0.25) is 0 Å². The van der Waals surface area contributed by atoms with Crippen molar-refractivity contribution < 1.29 is 8.49 Å². The van der Waals surface area contributed by atoms with E-state index in [-0.39, 0.29) is 0 Å². The molecule has 0 aliphatic carbocycles. The molecule has 66 valence electrons. The number of anilines is 1. The SMILES string of the molecule is CS(=N)(=O)ONc1ccccc1. The normalized spacial score (nSPS) is 15.1. The predicted octanol–water partition coefficient (Wildman–Crippen LogP) is 1.62. The lowest BCUT2D eigenvalue weighted by molar-refractivity contribution is 0.429. The number of benzene rings is 1. The molecule has 2 N–H and O–H groups in total. The van der Waals surface area contributed by atoms with Crippen molar-refractivity contribution in [3.63, 3.8) is 0 Å². The van der Waals surface area contributed by atoms with Crippen LogP contribution in [0.1, 0.15) is 0 Å². The zero-order chi connectivity index (χ0) is 9.03. The van der Waals surface area contributed by atoms with E-state index in [2.05, 4.69) is 9.76 Å². The van der Waals surface area contributed by atoms with Gasteiger partial charge in [-0.25, -0.2) is 8.99 Å². The predicted molar refractivity (Wildman–Crippen MR) is 47.9 cm³/mol. The third-order valence-electron chi connectivity index (χ3n) is 1.09. The van der Waals surface area contributed by atoms with Gasteiger partial charge in [0, 0.05) is 6.26 Å². The number of nitrogens with one attached hydrogen (secondary N) is 2. The molecule has 0 heterocycles. The molecule has 1 aromatic carbocycles. The minimum atomic E-state index is -2.93. The largest absolute Gasteiger partial charge is 0.251 e. The molecule has 0 fully saturated rings. The number of hydrogen-bond donors (Lipinski definition) is 2. The second-order valence-electron chi connectivity index (χ2n) is 2.32. The van der Waals surface area contributed by atoms with E-state index in [0.29, 0.717) is 5.69 Å². The van der Waals surface area contributed by atoms with Gasteiger partial charge in [-0.2, -0.15) is 4.28 Å². The van der Waals surface area contributed by atoms with Crippen LogP contribution in [0.2, 0.25) is 0 Å². The molecule has 5 heteroatoms. The van der Waals surface area contributed by atoms with Crippen molar-refractivity contribution in [3.05, 3.63) is 30.3 Å². The van der Waals surface area contributed by atoms with Gasteiger partial charge < -0.3 is 0 Å². The smallest absolute Gasteiger partial charge is 0.179 e. The van der Waals surface area contributed by atoms with Crippen molar-refractivity contribution in [2.24, 2.45) is 0 Å². The molecular weight excluding hydrogens is 176 g/mol. The Hall–Kier alpha value is -1.07. The van der Waals surface area contributed by atoms with Crippen molar-refractivity contribution in [2.45, 2.75) is 0 Å². The minimum absolute atomic E-state index is 0.680. The average Bonchev–Trinajstić information content (AvgIpc) is 2.02. The Bertz CT molecular complexity index is 334. The van der Waals surface area contributed by atoms with Crippen LogP contribution < -0.4 is 5.48 Å². The molecule has 1 unspecified atom stereocenters. The van der Waals surface area contributed by atoms with Crippen molar-refractivity contribution in [1.82, 2.24) is 0 Å². The molecule has 12 heavy (non-hydrogen) atoms. The quantitative estimate of drug-likeness (QED) is 0.705. The number of hydrogen-bond acceptors (Lipinski definition) is 4. The first-order valence-corrected chi connectivity index (χ1v) is 5.20. The van der Waals surface area contributed by atoms with Gasteiger partial charge in [0.15, 0.2) is 10.0 Å². The standard InChI is InChI=1S/C7H10N2O2S/c1-12(8,10)11-9-7-5-3-2-4-6-7/h2-6,8-9H,1H3. The van der Waals surface area contributed by atoms with Gasteiger partial charge in [-0.1, -0.05) is 18.2 Å². The van der Waals surface area contributed by atoms with Crippen molar-refractivity contribution in [1.29, 1.82) is 4.78 Å². The molecule has 0 radical (unpaired) electrons. The van der Waals surface area contributed by atoms with E-state index in [0.717, 1.165) is 0 Å². The highest BCUT2D eigenvalue weighted by molar-refractivity contribution is 7.87. The molecule has 1 aromatic rings. The zero-order valence-electron chi connectivity index (χ0n) is 6.61. The summed E-state index contributed by atoms with van der Waals surface area (Å²) in [6, 6.07) is 8.99. The van der Waals surface area contributed by atoms with Crippen LogP contribution in [0.3, 0.4) is 0 Å². The van der Waals surface area contributed by atoms with Crippen LogP contribution in [0, 0.1) is 4.78 Å². The molecule has 1 rings (SSSR count). The topological polar surface area (TPSA) is 62.2 Å². The van der Waals surface area contributed by atoms with Crippen molar-refractivity contribution in [2.75, 3.05) is 11.7 Å². The van der Waals surface area contributed by atoms with E-state index in [1.54, 1.807) is 12.1 Å². The molecule has 4 nitrogen and oxygen atoms in total. The highest BCUT2D eigenvalue weighted by Gasteiger charge is 1.95. The third kappa shape index (κ3) is 3.36. The second kappa shape index (κ2) is 3.55. The maximum absolute atomic E-state index is 10.7. The monoisotopic (exact) mass is 186 g/mol. The fraction of sp³-hybridized carbons (Fsp3) is 0.143. The Labute approximate surface area is 71.7 Å². The molecule has 0 aliphatic rings. The summed E-state index contributed by atoms with van der Waals surface area (Å²) >= 11 is 0. The van der Waals surface area contributed by atoms with Crippen LogP contribution >= 0.6 is 0 Å². The molecule has 1 atom stereocenters. The first-order chi connectivity index (χ1) is 5.58. The lowest BCUT2D eigenvalue weighted by atomic mass is 10.3. The highest BCUT2D eigenvalue weighted by Crippen LogP contribution is 2.05. The Kier molecular flexibility index (Phi) is 2.67. The van der Waals surface area contributed by atoms with Gasteiger partial charge in [0.05, 0.1) is 5.69 Å². The van der Waals surface area contributed by atoms with Gasteiger partial charge in [-0.05, 0) is 12.1 Å². The van der Waals surface area contributed by atoms with E-state index in [1.807, 2.05) is 18.2 Å². The molecular formula is C7H10N2O2S. The Morgan fingerprint density at radius 3 is 2.50 bits per heavy atom. The fourth-order valence-electron chi connectivity index (χ4n) is 0.634. The lowest BCUT2D eigenvalue weighted by Crippen LogP contribution is -2.07. The van der Waals surface area contributed by atoms with Crippen LogP contribution in [0.15, 0.2) is 30.3 Å². The first-order valence-electron chi connectivity index (χ1n) is 3.31. The maximum atomic E-state index is 10.7. The van der Waals surface area contributed by atoms with Crippen LogP contribution in [0.4, 0.5) is 5.69 Å². The summed E-state index contributed by atoms with van der Waals surface area (Å²) in [6.07, 6.45) is 1.20. The van der Waals surface area contributed by atoms with Crippen molar-refractivity contribution >= 4 is 15.7 Å². The first kappa shape index (κ1) is 9.02. The molecule has 0 amide bonds. The van der Waals surface area contributed by atoms with Gasteiger partial charge in [-0.15, -0.1) is 0 Å². The molecule has 0 saturated heterocycles. The van der Waals surface area contributed by atoms with E-state index < -0.39 is 10.0 Å². The molecule has 0 spiro atoms. The molecule has 0 aliphatic heterocycles. The van der Waals surface area contributed by atoms with Crippen LogP contribution in [0.5, 0.6) is 0 Å². The maximum Gasteiger partial charge on any atom is 0.179 e. The van der Waals surface area contributed by atoms with Gasteiger partial charge in [0.25, 0.3) is 0 Å². The Morgan fingerprint density at radius 1 is 1.42 bits per heavy atom.